The van der Waals surface area contributed by atoms with Crippen molar-refractivity contribution in [2.75, 3.05) is 0 Å². The summed E-state index contributed by atoms with van der Waals surface area (Å²) in [6.45, 7) is 0. The fourth-order valence-electron chi connectivity index (χ4n) is 4.10. The van der Waals surface area contributed by atoms with Gasteiger partial charge in [0.05, 0.1) is 23.8 Å². The average Bonchev–Trinajstić information content (AvgIpc) is 2.99. The number of halogens is 2. The van der Waals surface area contributed by atoms with Crippen molar-refractivity contribution in [3.05, 3.63) is 141 Å². The van der Waals surface area contributed by atoms with Crippen LogP contribution in [0, 0.1) is 0 Å². The first-order valence-corrected chi connectivity index (χ1v) is 13.5. The summed E-state index contributed by atoms with van der Waals surface area (Å²) in [5.74, 6) is -1.42. The summed E-state index contributed by atoms with van der Waals surface area (Å²) in [5, 5.41) is 7.04. The van der Waals surface area contributed by atoms with E-state index in [9.17, 15) is 14.4 Å². The van der Waals surface area contributed by atoms with Crippen molar-refractivity contribution in [2.45, 2.75) is 6.42 Å². The van der Waals surface area contributed by atoms with Crippen molar-refractivity contribution < 1.29 is 23.9 Å². The van der Waals surface area contributed by atoms with Gasteiger partial charge in [-0.3, -0.25) is 4.79 Å². The number of esters is 2. The molecule has 9 heteroatoms. The smallest absolute Gasteiger partial charge is 0.343 e. The number of nitrogens with zero attached hydrogens (tertiary/aromatic N) is 1. The van der Waals surface area contributed by atoms with Gasteiger partial charge >= 0.3 is 11.9 Å². The minimum atomic E-state index is -0.664. The molecule has 1 N–H and O–H groups in total. The molecule has 0 radical (unpaired) electrons. The monoisotopic (exact) mass is 596 g/mol. The predicted molar refractivity (Wildman–Crippen MR) is 163 cm³/mol. The molecule has 208 valence electrons. The molecule has 0 saturated carbocycles. The zero-order valence-corrected chi connectivity index (χ0v) is 23.4. The minimum absolute atomic E-state index is 0.0587. The van der Waals surface area contributed by atoms with Crippen LogP contribution in [0.5, 0.6) is 11.5 Å². The molecule has 5 aromatic carbocycles. The highest BCUT2D eigenvalue weighted by Crippen LogP contribution is 2.26. The summed E-state index contributed by atoms with van der Waals surface area (Å²) in [5.41, 5.74) is 4.29. The third-order valence-electron chi connectivity index (χ3n) is 6.18. The molecule has 0 fully saturated rings. The molecule has 1 amide bonds. The molecule has 0 aliphatic heterocycles. The zero-order chi connectivity index (χ0) is 29.5. The average molecular weight is 597 g/mol. The molecule has 0 atom stereocenters. The van der Waals surface area contributed by atoms with Crippen molar-refractivity contribution in [1.29, 1.82) is 0 Å². The van der Waals surface area contributed by atoms with Crippen LogP contribution >= 0.6 is 23.2 Å². The predicted octanol–water partition coefficient (Wildman–Crippen LogP) is 7.28. The molecule has 0 unspecified atom stereocenters. The lowest BCUT2D eigenvalue weighted by Gasteiger charge is -2.11. The van der Waals surface area contributed by atoms with E-state index in [2.05, 4.69) is 10.5 Å². The van der Waals surface area contributed by atoms with Crippen molar-refractivity contribution in [3.63, 3.8) is 0 Å². The van der Waals surface area contributed by atoms with Crippen LogP contribution in [-0.2, 0) is 11.2 Å². The summed E-state index contributed by atoms with van der Waals surface area (Å²) in [7, 11) is 0. The summed E-state index contributed by atoms with van der Waals surface area (Å²) in [4.78, 5) is 38.1. The maximum Gasteiger partial charge on any atom is 0.343 e. The van der Waals surface area contributed by atoms with Gasteiger partial charge in [0.2, 0.25) is 5.91 Å². The second kappa shape index (κ2) is 13.1. The molecular weight excluding hydrogens is 575 g/mol. The highest BCUT2D eigenvalue weighted by molar-refractivity contribution is 6.31. The second-order valence-corrected chi connectivity index (χ2v) is 9.97. The molecule has 0 saturated heterocycles. The van der Waals surface area contributed by atoms with E-state index in [-0.39, 0.29) is 29.4 Å². The molecule has 0 aliphatic carbocycles. The Bertz CT molecular complexity index is 1800. The van der Waals surface area contributed by atoms with Gasteiger partial charge in [0.1, 0.15) is 11.5 Å². The number of hydrogen-bond donors (Lipinski definition) is 1. The van der Waals surface area contributed by atoms with Gasteiger partial charge in [-0.15, -0.1) is 0 Å². The van der Waals surface area contributed by atoms with Crippen LogP contribution < -0.4 is 14.9 Å². The first-order chi connectivity index (χ1) is 20.4. The quantitative estimate of drug-likeness (QED) is 0.0879. The van der Waals surface area contributed by atoms with Crippen LogP contribution in [0.3, 0.4) is 0 Å². The first-order valence-electron chi connectivity index (χ1n) is 12.7. The zero-order valence-electron chi connectivity index (χ0n) is 21.9. The van der Waals surface area contributed by atoms with Gasteiger partial charge < -0.3 is 9.47 Å². The van der Waals surface area contributed by atoms with Gasteiger partial charge in [0.15, 0.2) is 0 Å². The van der Waals surface area contributed by atoms with E-state index in [1.807, 2.05) is 42.5 Å². The number of carbonyl (C=O) groups is 3. The summed E-state index contributed by atoms with van der Waals surface area (Å²) < 4.78 is 11.1. The van der Waals surface area contributed by atoms with E-state index in [4.69, 9.17) is 32.7 Å². The van der Waals surface area contributed by atoms with Crippen molar-refractivity contribution in [1.82, 2.24) is 5.43 Å². The van der Waals surface area contributed by atoms with Crippen molar-refractivity contribution in [3.8, 4) is 11.5 Å². The third-order valence-corrected chi connectivity index (χ3v) is 6.69. The number of ether oxygens (including phenoxy) is 2. The Morgan fingerprint density at radius 1 is 0.714 bits per heavy atom. The van der Waals surface area contributed by atoms with E-state index in [0.29, 0.717) is 21.2 Å². The molecule has 0 aliphatic rings. The van der Waals surface area contributed by atoms with Crippen molar-refractivity contribution >= 4 is 58.0 Å². The lowest BCUT2D eigenvalue weighted by atomic mass is 10.0. The third kappa shape index (κ3) is 7.20. The number of fused-ring (bicyclic) bond motifs is 1. The van der Waals surface area contributed by atoms with Gasteiger partial charge in [0, 0.05) is 21.7 Å². The van der Waals surface area contributed by atoms with Crippen LogP contribution in [0.25, 0.3) is 10.8 Å². The number of rotatable bonds is 8. The largest absolute Gasteiger partial charge is 0.423 e. The van der Waals surface area contributed by atoms with Crippen LogP contribution in [0.4, 0.5) is 0 Å². The van der Waals surface area contributed by atoms with Crippen LogP contribution in [0.2, 0.25) is 10.0 Å². The van der Waals surface area contributed by atoms with E-state index in [0.717, 1.165) is 16.3 Å². The summed E-state index contributed by atoms with van der Waals surface area (Å²) >= 11 is 11.8. The highest BCUT2D eigenvalue weighted by atomic mass is 35.5. The van der Waals surface area contributed by atoms with Gasteiger partial charge in [-0.25, -0.2) is 15.0 Å². The molecule has 42 heavy (non-hydrogen) atoms. The van der Waals surface area contributed by atoms with Gasteiger partial charge in [-0.05, 0) is 77.0 Å². The Balaban J connectivity index is 1.34. The van der Waals surface area contributed by atoms with Crippen molar-refractivity contribution in [2.24, 2.45) is 5.10 Å². The maximum atomic E-state index is 12.9. The number of hydrazone groups is 1. The molecular formula is C33H22Cl2N2O5. The number of nitrogens with one attached hydrogen (secondary N) is 1. The fourth-order valence-corrected chi connectivity index (χ4v) is 4.35. The van der Waals surface area contributed by atoms with Gasteiger partial charge in [-0.2, -0.15) is 5.10 Å². The second-order valence-electron chi connectivity index (χ2n) is 9.10. The minimum Gasteiger partial charge on any atom is -0.423 e. The Labute approximate surface area is 251 Å². The van der Waals surface area contributed by atoms with Crippen LogP contribution in [0.15, 0.2) is 114 Å². The number of amides is 1. The fraction of sp³-hybridized carbons (Fsp3) is 0.0303. The molecule has 0 spiro atoms. The lowest BCUT2D eigenvalue weighted by molar-refractivity contribution is -0.120. The highest BCUT2D eigenvalue weighted by Gasteiger charge is 2.15. The standard InChI is InChI=1S/C33H22Cl2N2O5/c34-26-13-8-22(9-14-26)32(39)41-28-17-12-25(30(19-28)42-33(40)23-10-15-27(35)16-11-23)20-36-37-31(38)18-24-6-3-5-21-4-1-2-7-29(21)24/h1-17,19-20H,18H2,(H,37,38)/b36-20+. The molecule has 5 rings (SSSR count). The molecule has 7 nitrogen and oxygen atoms in total. The number of carbonyl (C=O) groups excluding carboxylic acids is 3. The Hall–Kier alpha value is -4.98. The first kappa shape index (κ1) is 28.5. The number of hydrogen-bond acceptors (Lipinski definition) is 6. The molecule has 0 bridgehead atoms. The van der Waals surface area contributed by atoms with Crippen LogP contribution in [-0.4, -0.2) is 24.1 Å². The Kier molecular flexibility index (Phi) is 8.92. The SMILES string of the molecule is O=C(Cc1cccc2ccccc12)N/N=C/c1ccc(OC(=O)c2ccc(Cl)cc2)cc1OC(=O)c1ccc(Cl)cc1. The van der Waals surface area contributed by atoms with Crippen LogP contribution in [0.1, 0.15) is 31.8 Å². The summed E-state index contributed by atoms with van der Waals surface area (Å²) in [6.07, 6.45) is 1.47. The van der Waals surface area contributed by atoms with Gasteiger partial charge in [0.25, 0.3) is 0 Å². The Morgan fingerprint density at radius 2 is 1.33 bits per heavy atom. The maximum absolute atomic E-state index is 12.9. The van der Waals surface area contributed by atoms with E-state index >= 15 is 0 Å². The van der Waals surface area contributed by atoms with E-state index in [1.54, 1.807) is 30.3 Å². The normalized spacial score (nSPS) is 10.9. The number of benzene rings is 5. The lowest BCUT2D eigenvalue weighted by Crippen LogP contribution is -2.20. The Morgan fingerprint density at radius 3 is 2.02 bits per heavy atom. The van der Waals surface area contributed by atoms with E-state index in [1.165, 1.54) is 42.6 Å². The molecule has 5 aromatic rings. The van der Waals surface area contributed by atoms with E-state index < -0.39 is 11.9 Å². The summed E-state index contributed by atoms with van der Waals surface area (Å²) in [6, 6.07) is 30.4. The molecule has 0 heterocycles. The molecule has 0 aromatic heterocycles. The topological polar surface area (TPSA) is 94.1 Å². The van der Waals surface area contributed by atoms with Gasteiger partial charge in [-0.1, -0.05) is 65.7 Å².